The summed E-state index contributed by atoms with van der Waals surface area (Å²) in [6.07, 6.45) is -4.51. The molecule has 0 aliphatic carbocycles. The van der Waals surface area contributed by atoms with Crippen molar-refractivity contribution in [3.05, 3.63) is 62.2 Å². The number of nitrogens with zero attached hydrogens (tertiary/aromatic N) is 1. The highest BCUT2D eigenvalue weighted by Gasteiger charge is 2.30. The number of ketones is 1. The molecule has 2 heterocycles. The molecule has 0 aliphatic heterocycles. The Morgan fingerprint density at radius 3 is 2.67 bits per heavy atom. The molecule has 0 saturated heterocycles. The molecule has 3 rings (SSSR count). The highest BCUT2D eigenvalue weighted by Crippen LogP contribution is 2.32. The number of Topliss-reactive ketones (excluding diaryl/α,β-unsaturated/α-hetero) is 1. The van der Waals surface area contributed by atoms with Crippen molar-refractivity contribution in [1.82, 2.24) is 4.98 Å². The molecule has 3 aromatic rings. The molecule has 0 saturated carbocycles. The molecule has 0 bridgehead atoms. The molecule has 24 heavy (non-hydrogen) atoms. The summed E-state index contributed by atoms with van der Waals surface area (Å²) < 4.78 is 38.8. The normalized spacial score (nSPS) is 11.7. The van der Waals surface area contributed by atoms with Gasteiger partial charge in [0.05, 0.1) is 26.9 Å². The van der Waals surface area contributed by atoms with Crippen molar-refractivity contribution in [2.75, 3.05) is 0 Å². The minimum atomic E-state index is -4.47. The third-order valence-corrected chi connectivity index (χ3v) is 5.30. The SMILES string of the molecule is O=C(Cc1nc(-c2ccc(Cl)s2)cs1)c1cccc(C(F)(F)F)c1. The predicted molar refractivity (Wildman–Crippen MR) is 89.9 cm³/mol. The van der Waals surface area contributed by atoms with Crippen LogP contribution in [0.5, 0.6) is 0 Å². The molecular weight excluding hydrogens is 379 g/mol. The van der Waals surface area contributed by atoms with Crippen molar-refractivity contribution in [3.8, 4) is 10.6 Å². The molecule has 0 unspecified atom stereocenters. The summed E-state index contributed by atoms with van der Waals surface area (Å²) in [6, 6.07) is 8.02. The van der Waals surface area contributed by atoms with Gasteiger partial charge in [0.1, 0.15) is 5.01 Å². The maximum absolute atomic E-state index is 12.7. The minimum Gasteiger partial charge on any atom is -0.294 e. The average molecular weight is 388 g/mol. The van der Waals surface area contributed by atoms with E-state index in [-0.39, 0.29) is 12.0 Å². The molecule has 124 valence electrons. The predicted octanol–water partition coefficient (Wildman–Crippen LogP) is 5.97. The van der Waals surface area contributed by atoms with Crippen LogP contribution in [0.25, 0.3) is 10.6 Å². The van der Waals surface area contributed by atoms with Gasteiger partial charge in [-0.25, -0.2) is 4.98 Å². The smallest absolute Gasteiger partial charge is 0.294 e. The van der Waals surface area contributed by atoms with Crippen molar-refractivity contribution in [2.45, 2.75) is 12.6 Å². The zero-order valence-corrected chi connectivity index (χ0v) is 14.3. The fraction of sp³-hybridized carbons (Fsp3) is 0.125. The average Bonchev–Trinajstić information content (AvgIpc) is 3.15. The van der Waals surface area contributed by atoms with Crippen molar-refractivity contribution in [1.29, 1.82) is 0 Å². The summed E-state index contributed by atoms with van der Waals surface area (Å²) >= 11 is 8.55. The van der Waals surface area contributed by atoms with Gasteiger partial charge in [-0.2, -0.15) is 13.2 Å². The van der Waals surface area contributed by atoms with Gasteiger partial charge in [-0.1, -0.05) is 23.7 Å². The Labute approximate surface area is 148 Å². The van der Waals surface area contributed by atoms with E-state index in [2.05, 4.69) is 4.98 Å². The van der Waals surface area contributed by atoms with E-state index < -0.39 is 17.5 Å². The number of aromatic nitrogens is 1. The summed E-state index contributed by atoms with van der Waals surface area (Å²) in [5.41, 5.74) is -0.0918. The summed E-state index contributed by atoms with van der Waals surface area (Å²) in [7, 11) is 0. The second-order valence-electron chi connectivity index (χ2n) is 4.91. The topological polar surface area (TPSA) is 30.0 Å². The molecule has 8 heteroatoms. The van der Waals surface area contributed by atoms with E-state index in [0.717, 1.165) is 17.0 Å². The Kier molecular flexibility index (Phi) is 4.76. The number of carbonyl (C=O) groups is 1. The number of rotatable bonds is 4. The second-order valence-corrected chi connectivity index (χ2v) is 7.57. The number of halogens is 4. The lowest BCUT2D eigenvalue weighted by atomic mass is 10.1. The van der Waals surface area contributed by atoms with Crippen molar-refractivity contribution in [2.24, 2.45) is 0 Å². The highest BCUT2D eigenvalue weighted by molar-refractivity contribution is 7.19. The van der Waals surface area contributed by atoms with E-state index >= 15 is 0 Å². The van der Waals surface area contributed by atoms with Gasteiger partial charge in [0.2, 0.25) is 0 Å². The highest BCUT2D eigenvalue weighted by atomic mass is 35.5. The Morgan fingerprint density at radius 1 is 1.21 bits per heavy atom. The van der Waals surface area contributed by atoms with Crippen LogP contribution in [0.2, 0.25) is 4.34 Å². The number of carbonyl (C=O) groups excluding carboxylic acids is 1. The van der Waals surface area contributed by atoms with E-state index in [1.54, 1.807) is 11.4 Å². The van der Waals surface area contributed by atoms with Gasteiger partial charge >= 0.3 is 6.18 Å². The summed E-state index contributed by atoms with van der Waals surface area (Å²) in [4.78, 5) is 17.5. The zero-order valence-electron chi connectivity index (χ0n) is 11.9. The van der Waals surface area contributed by atoms with Crippen molar-refractivity contribution in [3.63, 3.8) is 0 Å². The molecule has 0 fully saturated rings. The van der Waals surface area contributed by atoms with Crippen LogP contribution < -0.4 is 0 Å². The summed E-state index contributed by atoms with van der Waals surface area (Å²) in [5.74, 6) is -0.397. The van der Waals surface area contributed by atoms with Crippen LogP contribution in [-0.2, 0) is 12.6 Å². The van der Waals surface area contributed by atoms with Crippen LogP contribution in [0.3, 0.4) is 0 Å². The number of benzene rings is 1. The van der Waals surface area contributed by atoms with E-state index in [9.17, 15) is 18.0 Å². The molecule has 0 amide bonds. The first-order valence-corrected chi connectivity index (χ1v) is 8.81. The number of hydrogen-bond donors (Lipinski definition) is 0. The van der Waals surface area contributed by atoms with Crippen LogP contribution in [0.1, 0.15) is 20.9 Å². The number of hydrogen-bond acceptors (Lipinski definition) is 4. The molecule has 2 nitrogen and oxygen atoms in total. The lowest BCUT2D eigenvalue weighted by molar-refractivity contribution is -0.137. The number of thiazole rings is 1. The van der Waals surface area contributed by atoms with Crippen LogP contribution >= 0.6 is 34.3 Å². The monoisotopic (exact) mass is 387 g/mol. The summed E-state index contributed by atoms with van der Waals surface area (Å²) in [6.45, 7) is 0. The molecule has 0 spiro atoms. The third kappa shape index (κ3) is 3.85. The lowest BCUT2D eigenvalue weighted by Crippen LogP contribution is -2.08. The molecule has 0 N–H and O–H groups in total. The minimum absolute atomic E-state index is 0.0285. The number of alkyl halides is 3. The first-order valence-electron chi connectivity index (χ1n) is 6.73. The Hall–Kier alpha value is -1.70. The van der Waals surface area contributed by atoms with Gasteiger partial charge in [-0.15, -0.1) is 22.7 Å². The quantitative estimate of drug-likeness (QED) is 0.516. The fourth-order valence-electron chi connectivity index (χ4n) is 2.07. The van der Waals surface area contributed by atoms with Crippen molar-refractivity contribution < 1.29 is 18.0 Å². The molecule has 0 radical (unpaired) electrons. The van der Waals surface area contributed by atoms with Crippen LogP contribution in [0.15, 0.2) is 41.8 Å². The van der Waals surface area contributed by atoms with Crippen LogP contribution in [0.4, 0.5) is 13.2 Å². The number of thiophene rings is 1. The standard InChI is InChI=1S/C16H9ClF3NOS2/c17-14-5-4-13(24-14)11-8-23-15(21-11)7-12(22)9-2-1-3-10(6-9)16(18,19)20/h1-6,8H,7H2. The first kappa shape index (κ1) is 17.1. The molecular formula is C16H9ClF3NOS2. The van der Waals surface area contributed by atoms with Gasteiger partial charge < -0.3 is 0 Å². The van der Waals surface area contributed by atoms with Gasteiger partial charge in [0.25, 0.3) is 0 Å². The molecule has 2 aromatic heterocycles. The largest absolute Gasteiger partial charge is 0.416 e. The van der Waals surface area contributed by atoms with E-state index in [1.807, 2.05) is 6.07 Å². The first-order chi connectivity index (χ1) is 11.3. The second kappa shape index (κ2) is 6.66. The Bertz CT molecular complexity index is 885. The van der Waals surface area contributed by atoms with Gasteiger partial charge in [-0.3, -0.25) is 4.79 Å². The van der Waals surface area contributed by atoms with Gasteiger partial charge in [0.15, 0.2) is 5.78 Å². The van der Waals surface area contributed by atoms with E-state index in [0.29, 0.717) is 15.0 Å². The molecule has 0 atom stereocenters. The Balaban J connectivity index is 1.77. The van der Waals surface area contributed by atoms with Crippen LogP contribution in [0, 0.1) is 0 Å². The van der Waals surface area contributed by atoms with Crippen LogP contribution in [-0.4, -0.2) is 10.8 Å². The maximum Gasteiger partial charge on any atom is 0.416 e. The maximum atomic E-state index is 12.7. The third-order valence-electron chi connectivity index (χ3n) is 3.20. The summed E-state index contributed by atoms with van der Waals surface area (Å²) in [5, 5.41) is 2.36. The van der Waals surface area contributed by atoms with Gasteiger partial charge in [-0.05, 0) is 24.3 Å². The fourth-order valence-corrected chi connectivity index (χ4v) is 3.94. The van der Waals surface area contributed by atoms with Gasteiger partial charge in [0, 0.05) is 10.9 Å². The lowest BCUT2D eigenvalue weighted by Gasteiger charge is -2.07. The zero-order chi connectivity index (χ0) is 17.3. The molecule has 0 aliphatic rings. The Morgan fingerprint density at radius 2 is 2.00 bits per heavy atom. The van der Waals surface area contributed by atoms with Crippen molar-refractivity contribution >= 4 is 40.1 Å². The van der Waals surface area contributed by atoms with E-state index in [1.165, 1.54) is 34.8 Å². The molecule has 1 aromatic carbocycles. The van der Waals surface area contributed by atoms with E-state index in [4.69, 9.17) is 11.6 Å².